The molecule has 1 fully saturated rings. The number of hydrogen-bond donors (Lipinski definition) is 4. The van der Waals surface area contributed by atoms with Crippen LogP contribution in [0, 0.1) is 0 Å². The predicted molar refractivity (Wildman–Crippen MR) is 141 cm³/mol. The number of nitrogens with one attached hydrogen (secondary N) is 4. The van der Waals surface area contributed by atoms with Crippen LogP contribution < -0.4 is 21.3 Å². The van der Waals surface area contributed by atoms with E-state index in [0.717, 1.165) is 41.0 Å². The molecule has 0 unspecified atom stereocenters. The molecule has 1 aliphatic rings. The highest BCUT2D eigenvalue weighted by atomic mass is 16.2. The van der Waals surface area contributed by atoms with Gasteiger partial charge in [0.1, 0.15) is 0 Å². The molecule has 9 heteroatoms. The summed E-state index contributed by atoms with van der Waals surface area (Å²) in [5, 5.41) is 12.9. The highest BCUT2D eigenvalue weighted by Crippen LogP contribution is 2.23. The Kier molecular flexibility index (Phi) is 8.59. The van der Waals surface area contributed by atoms with Crippen LogP contribution in [0.4, 0.5) is 17.3 Å². The van der Waals surface area contributed by atoms with Crippen molar-refractivity contribution in [2.24, 2.45) is 0 Å². The van der Waals surface area contributed by atoms with E-state index in [0.29, 0.717) is 32.1 Å². The molecule has 4 rings (SSSR count). The zero-order valence-corrected chi connectivity index (χ0v) is 20.8. The van der Waals surface area contributed by atoms with Crippen LogP contribution in [0.5, 0.6) is 0 Å². The van der Waals surface area contributed by atoms with Gasteiger partial charge in [-0.3, -0.25) is 20.2 Å². The molecule has 3 aromatic rings. The molecule has 2 amide bonds. The van der Waals surface area contributed by atoms with Crippen molar-refractivity contribution in [3.05, 3.63) is 66.4 Å². The second kappa shape index (κ2) is 12.2. The van der Waals surface area contributed by atoms with Gasteiger partial charge in [0.15, 0.2) is 0 Å². The normalized spacial score (nSPS) is 13.9. The molecule has 188 valence electrons. The number of rotatable bonds is 9. The van der Waals surface area contributed by atoms with Gasteiger partial charge in [-0.05, 0) is 48.7 Å². The van der Waals surface area contributed by atoms with Gasteiger partial charge >= 0.3 is 0 Å². The van der Waals surface area contributed by atoms with Crippen LogP contribution in [0.25, 0.3) is 11.3 Å². The van der Waals surface area contributed by atoms with Crippen molar-refractivity contribution in [2.45, 2.75) is 45.7 Å². The second-order valence-electron chi connectivity index (χ2n) is 8.73. The Morgan fingerprint density at radius 2 is 1.58 bits per heavy atom. The summed E-state index contributed by atoms with van der Waals surface area (Å²) >= 11 is 0. The minimum Gasteiger partial charge on any atom is -0.326 e. The maximum Gasteiger partial charge on any atom is 0.227 e. The molecule has 2 aromatic carbocycles. The smallest absolute Gasteiger partial charge is 0.227 e. The minimum absolute atomic E-state index is 0.0148. The molecule has 2 heterocycles. The van der Waals surface area contributed by atoms with Gasteiger partial charge in [-0.15, -0.1) is 0 Å². The molecular weight excluding hydrogens is 454 g/mol. The third-order valence-corrected chi connectivity index (χ3v) is 5.89. The summed E-state index contributed by atoms with van der Waals surface area (Å²) in [5.41, 5.74) is 4.45. The Hall–Kier alpha value is -3.82. The van der Waals surface area contributed by atoms with Crippen molar-refractivity contribution >= 4 is 29.1 Å². The molecule has 4 N–H and O–H groups in total. The predicted octanol–water partition coefficient (Wildman–Crippen LogP) is 4.36. The van der Waals surface area contributed by atoms with Gasteiger partial charge in [0.2, 0.25) is 17.8 Å². The van der Waals surface area contributed by atoms with Gasteiger partial charge in [-0.2, -0.15) is 0 Å². The van der Waals surface area contributed by atoms with Crippen molar-refractivity contribution in [2.75, 3.05) is 24.0 Å². The van der Waals surface area contributed by atoms with E-state index >= 15 is 0 Å². The van der Waals surface area contributed by atoms with Crippen LogP contribution in [0.15, 0.2) is 60.8 Å². The monoisotopic (exact) mass is 487 g/mol. The molecule has 1 saturated heterocycles. The third-order valence-electron chi connectivity index (χ3n) is 5.89. The fraction of sp³-hybridized carbons (Fsp3) is 0.333. The number of benzene rings is 2. The van der Waals surface area contributed by atoms with Crippen molar-refractivity contribution < 1.29 is 9.59 Å². The van der Waals surface area contributed by atoms with E-state index in [2.05, 4.69) is 31.2 Å². The molecule has 36 heavy (non-hydrogen) atoms. The summed E-state index contributed by atoms with van der Waals surface area (Å²) in [6.45, 7) is 5.05. The van der Waals surface area contributed by atoms with Crippen LogP contribution in [0.3, 0.4) is 0 Å². The summed E-state index contributed by atoms with van der Waals surface area (Å²) in [6.07, 6.45) is 4.45. The summed E-state index contributed by atoms with van der Waals surface area (Å²) in [5.74, 6) is 0.677. The largest absolute Gasteiger partial charge is 0.326 e. The van der Waals surface area contributed by atoms with Crippen molar-refractivity contribution in [3.63, 3.8) is 0 Å². The van der Waals surface area contributed by atoms with Crippen LogP contribution in [0.2, 0.25) is 0 Å². The van der Waals surface area contributed by atoms with Gasteiger partial charge < -0.3 is 15.5 Å². The molecule has 0 bridgehead atoms. The number of anilines is 3. The van der Waals surface area contributed by atoms with Gasteiger partial charge in [0.05, 0.1) is 25.2 Å². The van der Waals surface area contributed by atoms with Crippen LogP contribution in [0.1, 0.15) is 51.3 Å². The molecular formula is C27H33N7O2. The Labute approximate surface area is 211 Å². The lowest BCUT2D eigenvalue weighted by Gasteiger charge is -2.34. The second-order valence-corrected chi connectivity index (χ2v) is 8.73. The topological polar surface area (TPSA) is 111 Å². The van der Waals surface area contributed by atoms with Gasteiger partial charge in [-0.25, -0.2) is 9.97 Å². The average Bonchev–Trinajstić information content (AvgIpc) is 2.90. The lowest BCUT2D eigenvalue weighted by molar-refractivity contribution is -0.133. The number of carbonyl (C=O) groups excluding carboxylic acids is 2. The lowest BCUT2D eigenvalue weighted by atomic mass is 10.1. The molecule has 0 radical (unpaired) electrons. The van der Waals surface area contributed by atoms with Crippen molar-refractivity contribution in [1.82, 2.24) is 25.5 Å². The van der Waals surface area contributed by atoms with E-state index in [1.807, 2.05) is 68.4 Å². The Balaban J connectivity index is 1.35. The Morgan fingerprint density at radius 3 is 2.25 bits per heavy atom. The number of hydrogen-bond acceptors (Lipinski definition) is 7. The van der Waals surface area contributed by atoms with Gasteiger partial charge in [0.25, 0.3) is 0 Å². The highest BCUT2D eigenvalue weighted by Gasteiger charge is 2.21. The Bertz CT molecular complexity index is 1160. The molecule has 0 atom stereocenters. The molecule has 9 nitrogen and oxygen atoms in total. The first-order chi connectivity index (χ1) is 17.6. The summed E-state index contributed by atoms with van der Waals surface area (Å²) in [6, 6.07) is 17.5. The average molecular weight is 488 g/mol. The molecule has 0 spiro atoms. The van der Waals surface area contributed by atoms with E-state index in [-0.39, 0.29) is 18.0 Å². The van der Waals surface area contributed by atoms with Gasteiger partial charge in [0, 0.05) is 36.0 Å². The molecule has 0 aliphatic carbocycles. The van der Waals surface area contributed by atoms with E-state index in [9.17, 15) is 9.59 Å². The molecule has 1 aromatic heterocycles. The van der Waals surface area contributed by atoms with Crippen LogP contribution >= 0.6 is 0 Å². The first kappa shape index (κ1) is 25.3. The number of nitrogens with zero attached hydrogens (tertiary/aromatic N) is 3. The number of carbonyl (C=O) groups is 2. The van der Waals surface area contributed by atoms with E-state index in [4.69, 9.17) is 0 Å². The molecule has 0 saturated carbocycles. The Morgan fingerprint density at radius 1 is 0.917 bits per heavy atom. The molecule has 1 aliphatic heterocycles. The van der Waals surface area contributed by atoms with Crippen molar-refractivity contribution in [1.29, 1.82) is 0 Å². The minimum atomic E-state index is -0.0148. The summed E-state index contributed by atoms with van der Waals surface area (Å²) in [7, 11) is 0. The summed E-state index contributed by atoms with van der Waals surface area (Å²) in [4.78, 5) is 34.6. The van der Waals surface area contributed by atoms with Gasteiger partial charge in [-0.1, -0.05) is 38.1 Å². The van der Waals surface area contributed by atoms with E-state index in [1.165, 1.54) is 0 Å². The van der Waals surface area contributed by atoms with E-state index in [1.54, 1.807) is 11.1 Å². The van der Waals surface area contributed by atoms with Crippen LogP contribution in [-0.2, 0) is 9.59 Å². The fourth-order valence-electron chi connectivity index (χ4n) is 3.96. The first-order valence-electron chi connectivity index (χ1n) is 12.4. The quantitative estimate of drug-likeness (QED) is 0.355. The fourth-order valence-corrected chi connectivity index (χ4v) is 3.96. The van der Waals surface area contributed by atoms with E-state index < -0.39 is 0 Å². The zero-order chi connectivity index (χ0) is 25.3. The zero-order valence-electron chi connectivity index (χ0n) is 20.8. The highest BCUT2D eigenvalue weighted by molar-refractivity contribution is 5.90. The standard InChI is InChI=1S/C27H33N7O2/c1-3-5-24(35)31-21-11-7-19(8-12-21)23-15-16-28-27(33-23)32-22-13-9-20(10-14-22)26-29-17-34(18-30-26)25(36)6-4-2/h7-16,26,29-30H,3-6,17-18H2,1-2H3,(H,31,35)(H,28,32,33). The van der Waals surface area contributed by atoms with Crippen LogP contribution in [-0.4, -0.2) is 40.0 Å². The third kappa shape index (κ3) is 6.65. The van der Waals surface area contributed by atoms with Crippen molar-refractivity contribution in [3.8, 4) is 11.3 Å². The lowest BCUT2D eigenvalue weighted by Crippen LogP contribution is -2.54. The maximum atomic E-state index is 12.1. The SMILES string of the molecule is CCCC(=O)Nc1ccc(-c2ccnc(Nc3ccc(C4NCN(C(=O)CCC)CN4)cc3)n2)cc1. The number of aromatic nitrogens is 2. The summed E-state index contributed by atoms with van der Waals surface area (Å²) < 4.78 is 0. The first-order valence-corrected chi connectivity index (χ1v) is 12.4. The maximum absolute atomic E-state index is 12.1. The number of amides is 2.